The molecule has 1 aliphatic rings. The number of carboxylic acids is 1. The van der Waals surface area contributed by atoms with Gasteiger partial charge in [-0.15, -0.1) is 0 Å². The van der Waals surface area contributed by atoms with Crippen LogP contribution in [0.2, 0.25) is 5.15 Å². The summed E-state index contributed by atoms with van der Waals surface area (Å²) >= 11 is 5.87. The largest absolute Gasteiger partial charge is 0.481 e. The third kappa shape index (κ3) is 3.53. The van der Waals surface area contributed by atoms with Gasteiger partial charge in [0.2, 0.25) is 0 Å². The van der Waals surface area contributed by atoms with E-state index in [0.29, 0.717) is 18.8 Å². The molecule has 2 rings (SSSR count). The lowest BCUT2D eigenvalue weighted by Crippen LogP contribution is -2.45. The van der Waals surface area contributed by atoms with E-state index in [2.05, 4.69) is 17.2 Å². The van der Waals surface area contributed by atoms with Gasteiger partial charge in [0.1, 0.15) is 5.15 Å². The van der Waals surface area contributed by atoms with E-state index in [4.69, 9.17) is 11.6 Å². The molecule has 1 aromatic rings. The van der Waals surface area contributed by atoms with Gasteiger partial charge in [0.15, 0.2) is 0 Å². The first kappa shape index (κ1) is 15.8. The van der Waals surface area contributed by atoms with Crippen molar-refractivity contribution in [1.29, 1.82) is 0 Å². The molecule has 0 saturated heterocycles. The molecule has 0 bridgehead atoms. The van der Waals surface area contributed by atoms with Gasteiger partial charge in [-0.1, -0.05) is 18.5 Å². The fourth-order valence-corrected chi connectivity index (χ4v) is 2.89. The van der Waals surface area contributed by atoms with Crippen molar-refractivity contribution in [3.05, 3.63) is 29.0 Å². The number of pyridine rings is 1. The molecule has 6 heteroatoms. The third-order valence-electron chi connectivity index (χ3n) is 4.28. The average Bonchev–Trinajstić information content (AvgIpc) is 2.47. The molecule has 1 saturated carbocycles. The van der Waals surface area contributed by atoms with Crippen molar-refractivity contribution in [3.63, 3.8) is 0 Å². The SMILES string of the molecule is CC1CCC(CNC(=O)c2cccnc2Cl)(C(=O)O)CC1. The number of halogens is 1. The molecule has 1 aliphatic carbocycles. The molecule has 2 N–H and O–H groups in total. The van der Waals surface area contributed by atoms with Crippen LogP contribution in [-0.2, 0) is 4.79 Å². The van der Waals surface area contributed by atoms with Crippen LogP contribution in [0.1, 0.15) is 43.0 Å². The summed E-state index contributed by atoms with van der Waals surface area (Å²) in [5.41, 5.74) is -0.597. The Morgan fingerprint density at radius 3 is 2.71 bits per heavy atom. The molecule has 0 spiro atoms. The van der Waals surface area contributed by atoms with Crippen molar-refractivity contribution in [2.75, 3.05) is 6.54 Å². The van der Waals surface area contributed by atoms with Gasteiger partial charge in [0, 0.05) is 12.7 Å². The summed E-state index contributed by atoms with van der Waals surface area (Å²) in [5, 5.41) is 12.3. The minimum Gasteiger partial charge on any atom is -0.481 e. The summed E-state index contributed by atoms with van der Waals surface area (Å²) in [4.78, 5) is 27.6. The topological polar surface area (TPSA) is 79.3 Å². The molecule has 114 valence electrons. The predicted octanol–water partition coefficient (Wildman–Crippen LogP) is 2.75. The number of carbonyl (C=O) groups excluding carboxylic acids is 1. The first-order chi connectivity index (χ1) is 9.94. The molecular weight excluding hydrogens is 292 g/mol. The zero-order valence-electron chi connectivity index (χ0n) is 11.9. The van der Waals surface area contributed by atoms with E-state index in [9.17, 15) is 14.7 Å². The van der Waals surface area contributed by atoms with Crippen LogP contribution in [0.15, 0.2) is 18.3 Å². The molecule has 0 aliphatic heterocycles. The van der Waals surface area contributed by atoms with E-state index in [-0.39, 0.29) is 23.2 Å². The Bertz CT molecular complexity index is 539. The second kappa shape index (κ2) is 6.43. The maximum atomic E-state index is 12.1. The van der Waals surface area contributed by atoms with Gasteiger partial charge in [0.05, 0.1) is 11.0 Å². The normalized spacial score (nSPS) is 25.3. The van der Waals surface area contributed by atoms with E-state index in [0.717, 1.165) is 12.8 Å². The maximum absolute atomic E-state index is 12.1. The fourth-order valence-electron chi connectivity index (χ4n) is 2.68. The molecule has 0 radical (unpaired) electrons. The molecule has 1 heterocycles. The van der Waals surface area contributed by atoms with Crippen molar-refractivity contribution in [1.82, 2.24) is 10.3 Å². The number of hydrogen-bond acceptors (Lipinski definition) is 3. The summed E-state index contributed by atoms with van der Waals surface area (Å²) in [6.45, 7) is 2.25. The number of nitrogens with zero attached hydrogens (tertiary/aromatic N) is 1. The highest BCUT2D eigenvalue weighted by Gasteiger charge is 2.41. The highest BCUT2D eigenvalue weighted by Crippen LogP contribution is 2.38. The van der Waals surface area contributed by atoms with E-state index in [1.54, 1.807) is 12.1 Å². The number of carboxylic acid groups (broad SMARTS) is 1. The minimum atomic E-state index is -0.864. The second-order valence-corrected chi connectivity index (χ2v) is 6.15. The first-order valence-electron chi connectivity index (χ1n) is 7.07. The van der Waals surface area contributed by atoms with Crippen LogP contribution in [0.25, 0.3) is 0 Å². The van der Waals surface area contributed by atoms with Crippen LogP contribution in [0.5, 0.6) is 0 Å². The zero-order valence-corrected chi connectivity index (χ0v) is 12.7. The molecule has 21 heavy (non-hydrogen) atoms. The summed E-state index contributed by atoms with van der Waals surface area (Å²) in [5.74, 6) is -0.680. The number of hydrogen-bond donors (Lipinski definition) is 2. The Hall–Kier alpha value is -1.62. The third-order valence-corrected chi connectivity index (χ3v) is 4.58. The molecule has 1 amide bonds. The first-order valence-corrected chi connectivity index (χ1v) is 7.44. The standard InChI is InChI=1S/C15H19ClN2O3/c1-10-4-6-15(7-5-10,14(20)21)9-18-13(19)11-3-2-8-17-12(11)16/h2-3,8,10H,4-7,9H2,1H3,(H,18,19)(H,20,21). The molecule has 0 aromatic carbocycles. The van der Waals surface area contributed by atoms with Crippen molar-refractivity contribution in [2.24, 2.45) is 11.3 Å². The van der Waals surface area contributed by atoms with Gasteiger partial charge in [0.25, 0.3) is 5.91 Å². The Balaban J connectivity index is 2.04. The predicted molar refractivity (Wildman–Crippen MR) is 79.3 cm³/mol. The maximum Gasteiger partial charge on any atom is 0.311 e. The molecular formula is C15H19ClN2O3. The number of nitrogens with one attached hydrogen (secondary N) is 1. The monoisotopic (exact) mass is 310 g/mol. The molecule has 1 fully saturated rings. The molecule has 5 nitrogen and oxygen atoms in total. The smallest absolute Gasteiger partial charge is 0.311 e. The summed E-state index contributed by atoms with van der Waals surface area (Å²) in [6, 6.07) is 3.19. The van der Waals surface area contributed by atoms with Crippen LogP contribution in [0.4, 0.5) is 0 Å². The van der Waals surface area contributed by atoms with Crippen molar-refractivity contribution >= 4 is 23.5 Å². The van der Waals surface area contributed by atoms with Crippen LogP contribution < -0.4 is 5.32 Å². The van der Waals surface area contributed by atoms with Gasteiger partial charge in [-0.2, -0.15) is 0 Å². The zero-order chi connectivity index (χ0) is 15.5. The summed E-state index contributed by atoms with van der Waals surface area (Å²) in [6.07, 6.45) is 4.42. The minimum absolute atomic E-state index is 0.122. The van der Waals surface area contributed by atoms with E-state index < -0.39 is 11.4 Å². The van der Waals surface area contributed by atoms with Crippen LogP contribution >= 0.6 is 11.6 Å². The van der Waals surface area contributed by atoms with Crippen LogP contribution in [0, 0.1) is 11.3 Å². The summed E-state index contributed by atoms with van der Waals surface area (Å²) in [7, 11) is 0. The van der Waals surface area contributed by atoms with Gasteiger partial charge >= 0.3 is 5.97 Å². The lowest BCUT2D eigenvalue weighted by Gasteiger charge is -2.35. The fraction of sp³-hybridized carbons (Fsp3) is 0.533. The van der Waals surface area contributed by atoms with Crippen molar-refractivity contribution in [2.45, 2.75) is 32.6 Å². The van der Waals surface area contributed by atoms with E-state index in [1.807, 2.05) is 0 Å². The lowest BCUT2D eigenvalue weighted by molar-refractivity contribution is -0.151. The number of carbonyl (C=O) groups is 2. The van der Waals surface area contributed by atoms with Crippen LogP contribution in [-0.4, -0.2) is 28.5 Å². The number of rotatable bonds is 4. The van der Waals surface area contributed by atoms with E-state index >= 15 is 0 Å². The van der Waals surface area contributed by atoms with Gasteiger partial charge in [-0.3, -0.25) is 9.59 Å². The molecule has 0 atom stereocenters. The highest BCUT2D eigenvalue weighted by molar-refractivity contribution is 6.32. The summed E-state index contributed by atoms with van der Waals surface area (Å²) < 4.78 is 0. The van der Waals surface area contributed by atoms with Crippen molar-refractivity contribution < 1.29 is 14.7 Å². The molecule has 0 unspecified atom stereocenters. The number of aromatic nitrogens is 1. The van der Waals surface area contributed by atoms with Crippen LogP contribution in [0.3, 0.4) is 0 Å². The Labute approximate surface area is 128 Å². The number of amides is 1. The Morgan fingerprint density at radius 2 is 2.14 bits per heavy atom. The van der Waals surface area contributed by atoms with Gasteiger partial charge in [-0.05, 0) is 43.7 Å². The quantitative estimate of drug-likeness (QED) is 0.838. The van der Waals surface area contributed by atoms with Gasteiger partial charge in [-0.25, -0.2) is 4.98 Å². The second-order valence-electron chi connectivity index (χ2n) is 5.79. The number of aliphatic carboxylic acids is 1. The molecule has 1 aromatic heterocycles. The lowest BCUT2D eigenvalue weighted by atomic mass is 9.71. The van der Waals surface area contributed by atoms with Crippen molar-refractivity contribution in [3.8, 4) is 0 Å². The van der Waals surface area contributed by atoms with E-state index in [1.165, 1.54) is 6.20 Å². The Morgan fingerprint density at radius 1 is 1.48 bits per heavy atom. The van der Waals surface area contributed by atoms with Gasteiger partial charge < -0.3 is 10.4 Å². The Kier molecular flexibility index (Phi) is 4.83. The average molecular weight is 311 g/mol. The highest BCUT2D eigenvalue weighted by atomic mass is 35.5.